The first-order valence-corrected chi connectivity index (χ1v) is 15.1. The monoisotopic (exact) mass is 620 g/mol. The molecule has 2 amide bonds. The second-order valence-corrected chi connectivity index (χ2v) is 11.6. The molecule has 3 aromatic heterocycles. The first-order chi connectivity index (χ1) is 21.8. The summed E-state index contributed by atoms with van der Waals surface area (Å²) in [6, 6.07) is 22.4. The fourth-order valence-electron chi connectivity index (χ4n) is 5.31. The van der Waals surface area contributed by atoms with Gasteiger partial charge in [0.15, 0.2) is 0 Å². The summed E-state index contributed by atoms with van der Waals surface area (Å²) in [6.07, 6.45) is 7.72. The predicted octanol–water partition coefficient (Wildman–Crippen LogP) is 5.49. The Morgan fingerprint density at radius 1 is 1.04 bits per heavy atom. The number of fused-ring (bicyclic) bond motifs is 1. The van der Waals surface area contributed by atoms with Crippen molar-refractivity contribution >= 4 is 40.6 Å². The molecule has 1 atom stereocenters. The minimum Gasteiger partial charge on any atom is -0.350 e. The van der Waals surface area contributed by atoms with Crippen molar-refractivity contribution in [3.63, 3.8) is 0 Å². The molecule has 5 aromatic rings. The van der Waals surface area contributed by atoms with Crippen molar-refractivity contribution < 1.29 is 9.59 Å². The van der Waals surface area contributed by atoms with Crippen LogP contribution in [0.15, 0.2) is 97.3 Å². The topological polar surface area (TPSA) is 108 Å². The minimum absolute atomic E-state index is 0.00337. The molecule has 0 bridgehead atoms. The standard InChI is InChI=1S/C34H33ClN8O2/c1-41(2)19-5-7-30(44)37-26-14-10-24(11-15-26)33(45)42-21-17-27(22-42)38-34-36-18-16-28(39-34)31-29-6-3-4-20-43(29)40-32(31)23-8-12-25(35)13-9-23/h3-16,18,20,27H,17,19,21-22H2,1-2H3,(H,37,44)(H,36,38,39)/b7-5+. The van der Waals surface area contributed by atoms with E-state index in [1.807, 2.05) is 83.1 Å². The molecule has 6 rings (SSSR count). The molecule has 4 heterocycles. The summed E-state index contributed by atoms with van der Waals surface area (Å²) in [4.78, 5) is 38.5. The van der Waals surface area contributed by atoms with Gasteiger partial charge in [-0.3, -0.25) is 9.59 Å². The lowest BCUT2D eigenvalue weighted by Crippen LogP contribution is -2.31. The molecular weight excluding hydrogens is 588 g/mol. The fourth-order valence-corrected chi connectivity index (χ4v) is 5.43. The summed E-state index contributed by atoms with van der Waals surface area (Å²) < 4.78 is 1.85. The molecule has 11 heteroatoms. The van der Waals surface area contributed by atoms with Crippen molar-refractivity contribution in [2.45, 2.75) is 12.5 Å². The maximum atomic E-state index is 13.3. The van der Waals surface area contributed by atoms with Crippen LogP contribution in [0.4, 0.5) is 11.6 Å². The van der Waals surface area contributed by atoms with E-state index in [0.29, 0.717) is 41.9 Å². The van der Waals surface area contributed by atoms with Crippen LogP contribution in [0.1, 0.15) is 16.8 Å². The molecule has 0 radical (unpaired) electrons. The van der Waals surface area contributed by atoms with Crippen LogP contribution >= 0.6 is 11.6 Å². The quantitative estimate of drug-likeness (QED) is 0.210. The van der Waals surface area contributed by atoms with E-state index < -0.39 is 0 Å². The van der Waals surface area contributed by atoms with Gasteiger partial charge < -0.3 is 20.4 Å². The third-order valence-corrected chi connectivity index (χ3v) is 7.77. The average Bonchev–Trinajstić information content (AvgIpc) is 3.66. The van der Waals surface area contributed by atoms with Gasteiger partial charge in [-0.05, 0) is 75.1 Å². The Balaban J connectivity index is 1.13. The number of halogens is 1. The highest BCUT2D eigenvalue weighted by Gasteiger charge is 2.28. The fraction of sp³-hybridized carbons (Fsp3) is 0.206. The molecule has 0 spiro atoms. The number of likely N-dealkylation sites (N-methyl/N-ethyl adjacent to an activating group) is 1. The van der Waals surface area contributed by atoms with Gasteiger partial charge in [0.25, 0.3) is 5.91 Å². The van der Waals surface area contributed by atoms with Gasteiger partial charge >= 0.3 is 0 Å². The van der Waals surface area contributed by atoms with Crippen LogP contribution in [0, 0.1) is 0 Å². The van der Waals surface area contributed by atoms with E-state index in [2.05, 4.69) is 15.6 Å². The predicted molar refractivity (Wildman–Crippen MR) is 177 cm³/mol. The molecule has 10 nitrogen and oxygen atoms in total. The molecule has 0 aliphatic carbocycles. The molecule has 1 aliphatic rings. The highest BCUT2D eigenvalue weighted by atomic mass is 35.5. The zero-order valence-corrected chi connectivity index (χ0v) is 25.8. The Morgan fingerprint density at radius 2 is 1.84 bits per heavy atom. The number of benzene rings is 2. The Hall–Kier alpha value is -5.06. The van der Waals surface area contributed by atoms with Crippen LogP contribution in [0.5, 0.6) is 0 Å². The molecule has 1 fully saturated rings. The number of pyridine rings is 1. The molecular formula is C34H33ClN8O2. The largest absolute Gasteiger partial charge is 0.350 e. The minimum atomic E-state index is -0.210. The van der Waals surface area contributed by atoms with E-state index in [1.54, 1.807) is 36.5 Å². The van der Waals surface area contributed by atoms with Gasteiger partial charge in [0.05, 0.1) is 16.8 Å². The number of likely N-dealkylation sites (tertiary alicyclic amines) is 1. The van der Waals surface area contributed by atoms with Crippen LogP contribution in [-0.2, 0) is 4.79 Å². The second kappa shape index (κ2) is 13.3. The number of nitrogens with zero attached hydrogens (tertiary/aromatic N) is 6. The number of amides is 2. The van der Waals surface area contributed by atoms with Gasteiger partial charge in [-0.2, -0.15) is 5.10 Å². The lowest BCUT2D eigenvalue weighted by atomic mass is 10.0. The van der Waals surface area contributed by atoms with E-state index in [1.165, 1.54) is 6.08 Å². The van der Waals surface area contributed by atoms with Crippen molar-refractivity contribution in [1.29, 1.82) is 0 Å². The number of aromatic nitrogens is 4. The maximum Gasteiger partial charge on any atom is 0.253 e. The van der Waals surface area contributed by atoms with E-state index in [0.717, 1.165) is 34.5 Å². The number of anilines is 2. The van der Waals surface area contributed by atoms with Crippen LogP contribution in [-0.4, -0.2) is 81.0 Å². The number of carbonyl (C=O) groups is 2. The summed E-state index contributed by atoms with van der Waals surface area (Å²) in [5.74, 6) is 0.221. The van der Waals surface area contributed by atoms with Crippen molar-refractivity contribution in [3.05, 3.63) is 108 Å². The van der Waals surface area contributed by atoms with Crippen molar-refractivity contribution in [2.75, 3.05) is 44.4 Å². The highest BCUT2D eigenvalue weighted by molar-refractivity contribution is 6.30. The van der Waals surface area contributed by atoms with E-state index in [4.69, 9.17) is 21.7 Å². The van der Waals surface area contributed by atoms with Gasteiger partial charge in [0.1, 0.15) is 5.69 Å². The van der Waals surface area contributed by atoms with Gasteiger partial charge in [-0.25, -0.2) is 14.5 Å². The normalized spacial score (nSPS) is 14.8. The number of hydrogen-bond acceptors (Lipinski definition) is 7. The first-order valence-electron chi connectivity index (χ1n) is 14.7. The zero-order chi connectivity index (χ0) is 31.3. The molecule has 228 valence electrons. The summed E-state index contributed by atoms with van der Waals surface area (Å²) in [5, 5.41) is 11.8. The smallest absolute Gasteiger partial charge is 0.253 e. The van der Waals surface area contributed by atoms with Crippen LogP contribution in [0.3, 0.4) is 0 Å². The summed E-state index contributed by atoms with van der Waals surface area (Å²) >= 11 is 6.15. The Bertz CT molecular complexity index is 1850. The molecule has 1 aliphatic heterocycles. The van der Waals surface area contributed by atoms with E-state index in [9.17, 15) is 9.59 Å². The molecule has 0 saturated carbocycles. The first kappa shape index (κ1) is 30.0. The summed E-state index contributed by atoms with van der Waals surface area (Å²) in [7, 11) is 3.87. The van der Waals surface area contributed by atoms with Crippen molar-refractivity contribution in [1.82, 2.24) is 29.4 Å². The molecule has 1 saturated heterocycles. The molecule has 2 aromatic carbocycles. The van der Waals surface area contributed by atoms with Crippen LogP contribution in [0.25, 0.3) is 28.0 Å². The van der Waals surface area contributed by atoms with Gasteiger partial charge in [0.2, 0.25) is 11.9 Å². The Morgan fingerprint density at radius 3 is 2.62 bits per heavy atom. The Kier molecular flexibility index (Phi) is 8.86. The number of rotatable bonds is 9. The van der Waals surface area contributed by atoms with Crippen LogP contribution in [0.2, 0.25) is 5.02 Å². The maximum absolute atomic E-state index is 13.3. The average molecular weight is 621 g/mol. The Labute approximate surface area is 266 Å². The highest BCUT2D eigenvalue weighted by Crippen LogP contribution is 2.35. The lowest BCUT2D eigenvalue weighted by Gasteiger charge is -2.17. The number of nitrogens with one attached hydrogen (secondary N) is 2. The van der Waals surface area contributed by atoms with E-state index >= 15 is 0 Å². The summed E-state index contributed by atoms with van der Waals surface area (Å²) in [6.45, 7) is 1.81. The number of hydrogen-bond donors (Lipinski definition) is 2. The van der Waals surface area contributed by atoms with Crippen LogP contribution < -0.4 is 10.6 Å². The van der Waals surface area contributed by atoms with Crippen molar-refractivity contribution in [2.24, 2.45) is 0 Å². The van der Waals surface area contributed by atoms with Crippen molar-refractivity contribution in [3.8, 4) is 22.5 Å². The number of carbonyl (C=O) groups excluding carboxylic acids is 2. The second-order valence-electron chi connectivity index (χ2n) is 11.1. The van der Waals surface area contributed by atoms with Gasteiger partial charge in [0, 0.05) is 66.0 Å². The third-order valence-electron chi connectivity index (χ3n) is 7.52. The SMILES string of the molecule is CN(C)C/C=C/C(=O)Nc1ccc(C(=O)N2CCC(Nc3nccc(-c4c(-c5ccc(Cl)cc5)nn5ccccc45)n3)C2)cc1. The molecule has 45 heavy (non-hydrogen) atoms. The third kappa shape index (κ3) is 7.03. The van der Waals surface area contributed by atoms with Gasteiger partial charge in [-0.15, -0.1) is 0 Å². The molecule has 2 N–H and O–H groups in total. The summed E-state index contributed by atoms with van der Waals surface area (Å²) in [5.41, 5.74) is 5.50. The van der Waals surface area contributed by atoms with Gasteiger partial charge in [-0.1, -0.05) is 35.9 Å². The zero-order valence-electron chi connectivity index (χ0n) is 25.0. The molecule has 1 unspecified atom stereocenters. The van der Waals surface area contributed by atoms with E-state index in [-0.39, 0.29) is 17.9 Å². The lowest BCUT2D eigenvalue weighted by molar-refractivity contribution is -0.111.